The number of carbonyl (C=O) groups excluding carboxylic acids is 1. The van der Waals surface area contributed by atoms with Crippen molar-refractivity contribution in [3.63, 3.8) is 0 Å². The Bertz CT molecular complexity index is 921. The van der Waals surface area contributed by atoms with Crippen molar-refractivity contribution < 1.29 is 14.3 Å². The molecule has 0 saturated heterocycles. The second kappa shape index (κ2) is 8.35. The highest BCUT2D eigenvalue weighted by Gasteiger charge is 2.19. The molecule has 1 N–H and O–H groups in total. The quantitative estimate of drug-likeness (QED) is 0.235. The number of rotatable bonds is 5. The number of halogens is 1. The lowest BCUT2D eigenvalue weighted by molar-refractivity contribution is -0.132. The molecule has 1 heterocycles. The Morgan fingerprint density at radius 3 is 2.76 bits per heavy atom. The highest BCUT2D eigenvalue weighted by atomic mass is 127. The zero-order valence-electron chi connectivity index (χ0n) is 13.7. The molecule has 1 aromatic carbocycles. The van der Waals surface area contributed by atoms with Gasteiger partial charge in [0.05, 0.1) is 15.9 Å². The monoisotopic (exact) mass is 471 g/mol. The van der Waals surface area contributed by atoms with Gasteiger partial charge in [0.1, 0.15) is 11.6 Å². The summed E-state index contributed by atoms with van der Waals surface area (Å²) >= 11 is 3.27. The number of nitrogens with zero attached hydrogens (tertiary/aromatic N) is 2. The maximum absolute atomic E-state index is 12.1. The Morgan fingerprint density at radius 1 is 1.48 bits per heavy atom. The number of benzene rings is 1. The number of thioether (sulfide) groups is 1. The van der Waals surface area contributed by atoms with Gasteiger partial charge in [-0.3, -0.25) is 9.59 Å². The average molecular weight is 471 g/mol. The Labute approximate surface area is 161 Å². The highest BCUT2D eigenvalue weighted by molar-refractivity contribution is 14.1. The van der Waals surface area contributed by atoms with E-state index < -0.39 is 11.5 Å². The van der Waals surface area contributed by atoms with E-state index in [2.05, 4.69) is 9.97 Å². The van der Waals surface area contributed by atoms with Crippen molar-refractivity contribution in [1.82, 2.24) is 9.97 Å². The SMILES string of the molecule is CCOc1cc(-c2nc(SC)[nH]c(=O)c2C#N)cc(I)c1OC(C)=O. The zero-order valence-corrected chi connectivity index (χ0v) is 16.6. The molecule has 0 aliphatic carbocycles. The van der Waals surface area contributed by atoms with Gasteiger partial charge in [-0.25, -0.2) is 4.98 Å². The first-order valence-corrected chi connectivity index (χ1v) is 9.45. The molecule has 1 aromatic heterocycles. The topological polar surface area (TPSA) is 105 Å². The molecule has 2 rings (SSSR count). The van der Waals surface area contributed by atoms with E-state index in [9.17, 15) is 14.9 Å². The third-order valence-electron chi connectivity index (χ3n) is 3.03. The Hall–Kier alpha value is -2.06. The number of H-pyrrole nitrogens is 1. The summed E-state index contributed by atoms with van der Waals surface area (Å²) in [5.74, 6) is 0.173. The maximum Gasteiger partial charge on any atom is 0.308 e. The molecule has 0 spiro atoms. The molecule has 7 nitrogen and oxygen atoms in total. The number of nitriles is 1. The van der Waals surface area contributed by atoms with Crippen molar-refractivity contribution in [2.24, 2.45) is 0 Å². The predicted octanol–water partition coefficient (Wildman–Crippen LogP) is 2.96. The van der Waals surface area contributed by atoms with Gasteiger partial charge in [-0.2, -0.15) is 5.26 Å². The summed E-state index contributed by atoms with van der Waals surface area (Å²) in [6, 6.07) is 5.18. The number of esters is 1. The van der Waals surface area contributed by atoms with Crippen molar-refractivity contribution >= 4 is 40.3 Å². The minimum absolute atomic E-state index is 0.0868. The first kappa shape index (κ1) is 19.3. The first-order valence-electron chi connectivity index (χ1n) is 7.14. The van der Waals surface area contributed by atoms with Crippen molar-refractivity contribution in [1.29, 1.82) is 5.26 Å². The second-order valence-corrected chi connectivity index (χ2v) is 6.68. The number of hydrogen-bond acceptors (Lipinski definition) is 7. The minimum atomic E-state index is -0.506. The van der Waals surface area contributed by atoms with E-state index in [0.29, 0.717) is 32.4 Å². The Kier molecular flexibility index (Phi) is 6.44. The summed E-state index contributed by atoms with van der Waals surface area (Å²) < 4.78 is 11.4. The predicted molar refractivity (Wildman–Crippen MR) is 102 cm³/mol. The smallest absolute Gasteiger partial charge is 0.308 e. The fraction of sp³-hybridized carbons (Fsp3) is 0.250. The molecule has 2 aromatic rings. The van der Waals surface area contributed by atoms with Gasteiger partial charge in [0.2, 0.25) is 0 Å². The van der Waals surface area contributed by atoms with Crippen LogP contribution in [0.25, 0.3) is 11.3 Å². The molecule has 0 aliphatic heterocycles. The standard InChI is InChI=1S/C16H14IN3O4S/c1-4-23-12-6-9(5-11(17)14(12)24-8(2)21)13-10(7-18)15(22)20-16(19-13)25-3/h5-6H,4H2,1-3H3,(H,19,20,22). The first-order chi connectivity index (χ1) is 11.9. The Morgan fingerprint density at radius 2 is 2.20 bits per heavy atom. The molecule has 0 atom stereocenters. The molecule has 9 heteroatoms. The van der Waals surface area contributed by atoms with Gasteiger partial charge in [-0.1, -0.05) is 11.8 Å². The number of ether oxygens (including phenoxy) is 2. The minimum Gasteiger partial charge on any atom is -0.490 e. The molecule has 0 bridgehead atoms. The van der Waals surface area contributed by atoms with E-state index >= 15 is 0 Å². The third-order valence-corrected chi connectivity index (χ3v) is 4.41. The summed E-state index contributed by atoms with van der Waals surface area (Å²) in [6.07, 6.45) is 1.77. The number of aromatic amines is 1. The zero-order chi connectivity index (χ0) is 18.6. The molecular formula is C16H14IN3O4S. The third kappa shape index (κ3) is 4.32. The van der Waals surface area contributed by atoms with Crippen LogP contribution in [0, 0.1) is 14.9 Å². The van der Waals surface area contributed by atoms with Gasteiger partial charge in [0, 0.05) is 12.5 Å². The summed E-state index contributed by atoms with van der Waals surface area (Å²) in [5, 5.41) is 9.72. The average Bonchev–Trinajstić information content (AvgIpc) is 2.56. The summed E-state index contributed by atoms with van der Waals surface area (Å²) in [7, 11) is 0. The second-order valence-electron chi connectivity index (χ2n) is 4.72. The molecule has 0 saturated carbocycles. The summed E-state index contributed by atoms with van der Waals surface area (Å²) in [6.45, 7) is 3.46. The van der Waals surface area contributed by atoms with Gasteiger partial charge in [-0.05, 0) is 47.9 Å². The van der Waals surface area contributed by atoms with Gasteiger partial charge in [0.25, 0.3) is 5.56 Å². The fourth-order valence-corrected chi connectivity index (χ4v) is 3.16. The van der Waals surface area contributed by atoms with Crippen molar-refractivity contribution in [2.75, 3.05) is 12.9 Å². The van der Waals surface area contributed by atoms with Crippen LogP contribution < -0.4 is 15.0 Å². The molecule has 0 fully saturated rings. The summed E-state index contributed by atoms with van der Waals surface area (Å²) in [5.41, 5.74) is 0.190. The largest absolute Gasteiger partial charge is 0.490 e. The van der Waals surface area contributed by atoms with Crippen LogP contribution in [0.2, 0.25) is 0 Å². The lowest BCUT2D eigenvalue weighted by Crippen LogP contribution is -2.15. The molecule has 0 radical (unpaired) electrons. The van der Waals surface area contributed by atoms with Crippen LogP contribution in [0.5, 0.6) is 11.5 Å². The molecule has 0 aliphatic rings. The Balaban J connectivity index is 2.72. The van der Waals surface area contributed by atoms with Gasteiger partial charge < -0.3 is 14.5 Å². The molecule has 130 valence electrons. The fourth-order valence-electron chi connectivity index (χ4n) is 2.07. The van der Waals surface area contributed by atoms with E-state index in [4.69, 9.17) is 9.47 Å². The van der Waals surface area contributed by atoms with Gasteiger partial charge in [0.15, 0.2) is 16.7 Å². The number of hydrogen-bond donors (Lipinski definition) is 1. The number of carbonyl (C=O) groups is 1. The van der Waals surface area contributed by atoms with Crippen LogP contribution in [0.4, 0.5) is 0 Å². The lowest BCUT2D eigenvalue weighted by Gasteiger charge is -2.14. The van der Waals surface area contributed by atoms with Gasteiger partial charge >= 0.3 is 5.97 Å². The van der Waals surface area contributed by atoms with Crippen LogP contribution >= 0.6 is 34.4 Å². The van der Waals surface area contributed by atoms with E-state index in [0.717, 1.165) is 0 Å². The molecule has 25 heavy (non-hydrogen) atoms. The van der Waals surface area contributed by atoms with Crippen LogP contribution in [0.3, 0.4) is 0 Å². The van der Waals surface area contributed by atoms with E-state index in [1.54, 1.807) is 25.3 Å². The van der Waals surface area contributed by atoms with E-state index in [1.165, 1.54) is 18.7 Å². The van der Waals surface area contributed by atoms with Crippen molar-refractivity contribution in [3.8, 4) is 28.8 Å². The number of aromatic nitrogens is 2. The van der Waals surface area contributed by atoms with Crippen molar-refractivity contribution in [3.05, 3.63) is 31.6 Å². The van der Waals surface area contributed by atoms with Crippen molar-refractivity contribution in [2.45, 2.75) is 19.0 Å². The lowest BCUT2D eigenvalue weighted by atomic mass is 10.1. The molecular weight excluding hydrogens is 457 g/mol. The van der Waals surface area contributed by atoms with Crippen LogP contribution in [0.15, 0.2) is 22.1 Å². The van der Waals surface area contributed by atoms with E-state index in [-0.39, 0.29) is 11.3 Å². The summed E-state index contributed by atoms with van der Waals surface area (Å²) in [4.78, 5) is 30.3. The highest BCUT2D eigenvalue weighted by Crippen LogP contribution is 2.37. The molecule has 0 unspecified atom stereocenters. The number of nitrogens with one attached hydrogen (secondary N) is 1. The van der Waals surface area contributed by atoms with Crippen LogP contribution in [0.1, 0.15) is 19.4 Å². The van der Waals surface area contributed by atoms with Crippen LogP contribution in [-0.2, 0) is 4.79 Å². The van der Waals surface area contributed by atoms with Gasteiger partial charge in [-0.15, -0.1) is 0 Å². The van der Waals surface area contributed by atoms with E-state index in [1.807, 2.05) is 28.7 Å². The molecule has 0 amide bonds. The maximum atomic E-state index is 12.1. The van der Waals surface area contributed by atoms with Crippen LogP contribution in [-0.4, -0.2) is 28.8 Å². The normalized spacial score (nSPS) is 10.2.